The number of aromatic nitrogens is 3. The zero-order valence-electron chi connectivity index (χ0n) is 30.1. The van der Waals surface area contributed by atoms with Gasteiger partial charge in [-0.1, -0.05) is 158 Å². The average Bonchev–Trinajstić information content (AvgIpc) is 3.86. The summed E-state index contributed by atoms with van der Waals surface area (Å²) in [6, 6.07) is 64.4. The molecule has 56 heavy (non-hydrogen) atoms. The minimum absolute atomic E-state index is 0.550. The molecule has 5 nitrogen and oxygen atoms in total. The van der Waals surface area contributed by atoms with Crippen molar-refractivity contribution in [2.75, 3.05) is 0 Å². The summed E-state index contributed by atoms with van der Waals surface area (Å²) in [6.07, 6.45) is 0. The minimum Gasteiger partial charge on any atom is -0.455 e. The van der Waals surface area contributed by atoms with Crippen LogP contribution < -0.4 is 0 Å². The molecule has 0 unspecified atom stereocenters. The topological polar surface area (TPSA) is 65.0 Å². The van der Waals surface area contributed by atoms with Crippen molar-refractivity contribution in [3.63, 3.8) is 0 Å². The Balaban J connectivity index is 1.12. The standard InChI is InChI=1S/C51H31N3O2/c1-4-15-32(16-5-1)35-21-12-22-36(31-35)37-29-30-39(46-40-23-10-11-27-43(40)55-48(37)46)38-24-14-28-44-45(38)41-25-13-26-42(47(41)56-44)51-53-49(33-17-6-2-7-18-33)52-50(54-51)34-19-8-3-9-20-34/h1-31H. The molecule has 0 aliphatic heterocycles. The van der Waals surface area contributed by atoms with Gasteiger partial charge >= 0.3 is 0 Å². The van der Waals surface area contributed by atoms with Gasteiger partial charge in [-0.2, -0.15) is 0 Å². The molecule has 3 aromatic heterocycles. The van der Waals surface area contributed by atoms with Gasteiger partial charge in [0.15, 0.2) is 17.5 Å². The normalized spacial score (nSPS) is 11.6. The largest absolute Gasteiger partial charge is 0.455 e. The lowest BCUT2D eigenvalue weighted by atomic mass is 9.91. The number of hydrogen-bond acceptors (Lipinski definition) is 5. The molecule has 3 heterocycles. The second kappa shape index (κ2) is 13.0. The summed E-state index contributed by atoms with van der Waals surface area (Å²) in [7, 11) is 0. The molecule has 11 rings (SSSR count). The maximum Gasteiger partial charge on any atom is 0.167 e. The van der Waals surface area contributed by atoms with Crippen LogP contribution in [0.2, 0.25) is 0 Å². The molecule has 11 aromatic rings. The van der Waals surface area contributed by atoms with Crippen LogP contribution in [0.4, 0.5) is 0 Å². The van der Waals surface area contributed by atoms with Gasteiger partial charge in [-0.05, 0) is 58.1 Å². The fraction of sp³-hybridized carbons (Fsp3) is 0. The smallest absolute Gasteiger partial charge is 0.167 e. The van der Waals surface area contributed by atoms with E-state index in [-0.39, 0.29) is 0 Å². The highest BCUT2D eigenvalue weighted by molar-refractivity contribution is 6.22. The van der Waals surface area contributed by atoms with Crippen LogP contribution in [-0.4, -0.2) is 15.0 Å². The lowest BCUT2D eigenvalue weighted by Crippen LogP contribution is -2.00. The van der Waals surface area contributed by atoms with E-state index in [0.29, 0.717) is 17.5 Å². The highest BCUT2D eigenvalue weighted by atomic mass is 16.3. The van der Waals surface area contributed by atoms with Crippen molar-refractivity contribution in [3.8, 4) is 67.5 Å². The Hall–Kier alpha value is -7.63. The van der Waals surface area contributed by atoms with Crippen molar-refractivity contribution in [2.24, 2.45) is 0 Å². The summed E-state index contributed by atoms with van der Waals surface area (Å²) in [5.74, 6) is 1.76. The number of hydrogen-bond donors (Lipinski definition) is 0. The number of nitrogens with zero attached hydrogens (tertiary/aromatic N) is 3. The Morgan fingerprint density at radius 3 is 1.54 bits per heavy atom. The Bertz CT molecular complexity index is 3180. The molecule has 0 bridgehead atoms. The van der Waals surface area contributed by atoms with E-state index >= 15 is 0 Å². The molecule has 0 spiro atoms. The first kappa shape index (κ1) is 31.9. The van der Waals surface area contributed by atoms with Gasteiger partial charge in [0.05, 0.1) is 5.56 Å². The number of para-hydroxylation sites is 2. The molecule has 0 N–H and O–H groups in total. The third-order valence-electron chi connectivity index (χ3n) is 10.6. The van der Waals surface area contributed by atoms with Crippen molar-refractivity contribution in [1.82, 2.24) is 15.0 Å². The molecule has 0 radical (unpaired) electrons. The number of fused-ring (bicyclic) bond motifs is 6. The van der Waals surface area contributed by atoms with Gasteiger partial charge in [0, 0.05) is 38.2 Å². The van der Waals surface area contributed by atoms with Crippen molar-refractivity contribution >= 4 is 43.9 Å². The van der Waals surface area contributed by atoms with Crippen molar-refractivity contribution < 1.29 is 8.83 Å². The van der Waals surface area contributed by atoms with Gasteiger partial charge in [0.1, 0.15) is 22.3 Å². The van der Waals surface area contributed by atoms with E-state index in [4.69, 9.17) is 23.8 Å². The molecule has 0 aliphatic rings. The maximum atomic E-state index is 6.80. The summed E-state index contributed by atoms with van der Waals surface area (Å²) < 4.78 is 13.5. The van der Waals surface area contributed by atoms with Crippen LogP contribution in [0.5, 0.6) is 0 Å². The zero-order valence-corrected chi connectivity index (χ0v) is 30.1. The van der Waals surface area contributed by atoms with E-state index in [2.05, 4.69) is 97.1 Å². The monoisotopic (exact) mass is 717 g/mol. The fourth-order valence-electron chi connectivity index (χ4n) is 7.95. The molecule has 0 aliphatic carbocycles. The Morgan fingerprint density at radius 1 is 0.286 bits per heavy atom. The lowest BCUT2D eigenvalue weighted by Gasteiger charge is -2.11. The van der Waals surface area contributed by atoms with E-state index < -0.39 is 0 Å². The van der Waals surface area contributed by atoms with Gasteiger partial charge in [-0.15, -0.1) is 0 Å². The van der Waals surface area contributed by atoms with Crippen LogP contribution in [-0.2, 0) is 0 Å². The summed E-state index contributed by atoms with van der Waals surface area (Å²) in [5, 5.41) is 4.14. The van der Waals surface area contributed by atoms with E-state index in [9.17, 15) is 0 Å². The van der Waals surface area contributed by atoms with E-state index in [1.807, 2.05) is 91.0 Å². The predicted octanol–water partition coefficient (Wildman–Crippen LogP) is 13.7. The first-order valence-electron chi connectivity index (χ1n) is 18.7. The molecule has 5 heteroatoms. The highest BCUT2D eigenvalue weighted by Crippen LogP contribution is 2.46. The molecule has 8 aromatic carbocycles. The lowest BCUT2D eigenvalue weighted by molar-refractivity contribution is 0.669. The molecule has 0 atom stereocenters. The minimum atomic E-state index is 0.550. The molecule has 0 saturated heterocycles. The van der Waals surface area contributed by atoms with Crippen molar-refractivity contribution in [2.45, 2.75) is 0 Å². The molecular weight excluding hydrogens is 687 g/mol. The van der Waals surface area contributed by atoms with Crippen LogP contribution in [0.15, 0.2) is 197 Å². The first-order valence-corrected chi connectivity index (χ1v) is 18.7. The molecule has 0 amide bonds. The number of rotatable bonds is 6. The van der Waals surface area contributed by atoms with Crippen LogP contribution in [0.3, 0.4) is 0 Å². The van der Waals surface area contributed by atoms with E-state index in [1.165, 1.54) is 5.56 Å². The van der Waals surface area contributed by atoms with Crippen LogP contribution >= 0.6 is 0 Å². The maximum absolute atomic E-state index is 6.80. The van der Waals surface area contributed by atoms with Crippen molar-refractivity contribution in [1.29, 1.82) is 0 Å². The Labute approximate surface area is 322 Å². The van der Waals surface area contributed by atoms with Gasteiger partial charge < -0.3 is 8.83 Å². The summed E-state index contributed by atoms with van der Waals surface area (Å²) in [4.78, 5) is 15.0. The summed E-state index contributed by atoms with van der Waals surface area (Å²) in [5.41, 5.74) is 12.4. The quantitative estimate of drug-likeness (QED) is 0.171. The molecule has 0 saturated carbocycles. The molecule has 0 fully saturated rings. The van der Waals surface area contributed by atoms with Crippen LogP contribution in [0, 0.1) is 0 Å². The van der Waals surface area contributed by atoms with Crippen molar-refractivity contribution in [3.05, 3.63) is 188 Å². The second-order valence-electron chi connectivity index (χ2n) is 13.9. The highest BCUT2D eigenvalue weighted by Gasteiger charge is 2.23. The average molecular weight is 718 g/mol. The zero-order chi connectivity index (χ0) is 37.0. The SMILES string of the molecule is c1ccc(-c2cccc(-c3ccc(-c4cccc5oc6c(-c7nc(-c8ccccc8)nc(-c8ccccc8)n7)cccc6c45)c4c3oc3ccccc34)c2)cc1. The van der Waals surface area contributed by atoms with E-state index in [1.54, 1.807) is 0 Å². The second-order valence-corrected chi connectivity index (χ2v) is 13.9. The summed E-state index contributed by atoms with van der Waals surface area (Å²) >= 11 is 0. The first-order chi connectivity index (χ1) is 27.8. The Morgan fingerprint density at radius 2 is 0.786 bits per heavy atom. The van der Waals surface area contributed by atoms with Gasteiger partial charge in [0.2, 0.25) is 0 Å². The number of furan rings is 2. The van der Waals surface area contributed by atoms with Crippen LogP contribution in [0.25, 0.3) is 111 Å². The van der Waals surface area contributed by atoms with Crippen LogP contribution in [0.1, 0.15) is 0 Å². The fourth-order valence-corrected chi connectivity index (χ4v) is 7.95. The van der Waals surface area contributed by atoms with Gasteiger partial charge in [-0.25, -0.2) is 15.0 Å². The third-order valence-corrected chi connectivity index (χ3v) is 10.6. The molecule has 262 valence electrons. The molecular formula is C51H31N3O2. The number of benzene rings is 8. The van der Waals surface area contributed by atoms with Gasteiger partial charge in [0.25, 0.3) is 0 Å². The summed E-state index contributed by atoms with van der Waals surface area (Å²) in [6.45, 7) is 0. The van der Waals surface area contributed by atoms with Gasteiger partial charge in [-0.3, -0.25) is 0 Å². The third kappa shape index (κ3) is 5.29. The Kier molecular flexibility index (Phi) is 7.42. The predicted molar refractivity (Wildman–Crippen MR) is 227 cm³/mol. The van der Waals surface area contributed by atoms with E-state index in [0.717, 1.165) is 88.4 Å².